The molecule has 6 rings (SSSR count). The van der Waals surface area contributed by atoms with Crippen LogP contribution in [0.4, 0.5) is 0 Å². The Morgan fingerprint density at radius 2 is 1.76 bits per heavy atom. The molecule has 2 aliphatic carbocycles. The fraction of sp³-hybridized carbons (Fsp3) is 0.500. The molecule has 3 fully saturated rings. The number of nitrogens with one attached hydrogen (secondary N) is 1. The number of rotatable bonds is 4. The molecule has 0 spiro atoms. The predicted molar refractivity (Wildman–Crippen MR) is 123 cm³/mol. The Morgan fingerprint density at radius 1 is 1.09 bits per heavy atom. The van der Waals surface area contributed by atoms with Gasteiger partial charge in [0.05, 0.1) is 16.9 Å². The smallest absolute Gasteiger partial charge is 0.327 e. The summed E-state index contributed by atoms with van der Waals surface area (Å²) in [5, 5.41) is 10.8. The van der Waals surface area contributed by atoms with Crippen molar-refractivity contribution in [2.45, 2.75) is 42.5 Å². The van der Waals surface area contributed by atoms with Crippen LogP contribution in [0.5, 0.6) is 0 Å². The van der Waals surface area contributed by atoms with Gasteiger partial charge in [-0.15, -0.1) is 11.8 Å². The highest BCUT2D eigenvalue weighted by Crippen LogP contribution is 2.68. The summed E-state index contributed by atoms with van der Waals surface area (Å²) in [6.07, 6.45) is 0.797. The predicted octanol–water partition coefficient (Wildman–Crippen LogP) is 3.02. The van der Waals surface area contributed by atoms with Crippen LogP contribution in [0.15, 0.2) is 40.2 Å². The zero-order chi connectivity index (χ0) is 23.2. The van der Waals surface area contributed by atoms with Gasteiger partial charge in [-0.1, -0.05) is 55.5 Å². The Balaban J connectivity index is 1.44. The Labute approximate surface area is 198 Å². The molecule has 0 radical (unpaired) electrons. The normalized spacial score (nSPS) is 35.0. The van der Waals surface area contributed by atoms with Crippen molar-refractivity contribution in [2.24, 2.45) is 35.5 Å². The maximum atomic E-state index is 13.6. The van der Waals surface area contributed by atoms with Gasteiger partial charge in [0.1, 0.15) is 6.04 Å². The van der Waals surface area contributed by atoms with Gasteiger partial charge < -0.3 is 10.1 Å². The van der Waals surface area contributed by atoms with Gasteiger partial charge in [0, 0.05) is 16.0 Å². The quantitative estimate of drug-likeness (QED) is 0.646. The van der Waals surface area contributed by atoms with Crippen LogP contribution in [0.25, 0.3) is 0 Å². The minimum absolute atomic E-state index is 0.000761. The van der Waals surface area contributed by atoms with E-state index in [2.05, 4.69) is 17.1 Å². The molecule has 8 atom stereocenters. The summed E-state index contributed by atoms with van der Waals surface area (Å²) < 4.78 is 0. The number of aromatic nitrogens is 1. The summed E-state index contributed by atoms with van der Waals surface area (Å²) in [6.45, 7) is 3.47. The van der Waals surface area contributed by atoms with Crippen molar-refractivity contribution in [3.8, 4) is 0 Å². The summed E-state index contributed by atoms with van der Waals surface area (Å²) >= 11 is 2.88. The number of thioether (sulfide) groups is 1. The van der Waals surface area contributed by atoms with E-state index in [0.29, 0.717) is 0 Å². The summed E-state index contributed by atoms with van der Waals surface area (Å²) in [7, 11) is 0. The molecule has 2 amide bonds. The largest absolute Gasteiger partial charge is 0.480 e. The highest BCUT2D eigenvalue weighted by Gasteiger charge is 2.70. The van der Waals surface area contributed by atoms with E-state index in [1.165, 1.54) is 11.3 Å². The first kappa shape index (κ1) is 21.2. The fourth-order valence-electron chi connectivity index (χ4n) is 7.04. The zero-order valence-electron chi connectivity index (χ0n) is 18.1. The first-order valence-electron chi connectivity index (χ1n) is 11.3. The SMILES string of the molecule is CC(C)[C@H](C(=O)O)N1C(=O)[C@@H]2[C@H]3C[C@@H]([C@@H]2C1=O)[C@@H]1[C@@H](c2ccccc2)c2sc(=O)[nH]c2S[C@@H]31. The molecule has 2 bridgehead atoms. The number of H-pyrrole nitrogens is 1. The number of nitrogens with zero attached hydrogens (tertiary/aromatic N) is 1. The number of benzene rings is 1. The number of likely N-dealkylation sites (tertiary alicyclic amines) is 1. The fourth-order valence-corrected chi connectivity index (χ4v) is 9.93. The number of hydrogen-bond acceptors (Lipinski definition) is 6. The van der Waals surface area contributed by atoms with E-state index in [9.17, 15) is 24.3 Å². The Hall–Kier alpha value is -2.39. The van der Waals surface area contributed by atoms with Crippen molar-refractivity contribution in [1.29, 1.82) is 0 Å². The monoisotopic (exact) mass is 484 g/mol. The highest BCUT2D eigenvalue weighted by atomic mass is 32.2. The van der Waals surface area contributed by atoms with Crippen LogP contribution < -0.4 is 4.87 Å². The Bertz CT molecular complexity index is 1220. The van der Waals surface area contributed by atoms with Crippen LogP contribution in [0.1, 0.15) is 36.6 Å². The number of carboxylic acids is 1. The lowest BCUT2D eigenvalue weighted by molar-refractivity contribution is -0.157. The average molecular weight is 485 g/mol. The van der Waals surface area contributed by atoms with Gasteiger partial charge in [-0.05, 0) is 35.7 Å². The number of thiazole rings is 1. The van der Waals surface area contributed by atoms with Crippen molar-refractivity contribution in [1.82, 2.24) is 9.88 Å². The standard InChI is InChI=1S/C24H24N2O5S2/c1-9(2)17(23(29)30)26-21(27)15-11-8-12(16(15)22(26)28)18-14(11)13(10-6-4-3-5-7-10)19-20(32-18)25-24(31)33-19/h3-7,9,11-18H,8H2,1-2H3,(H,25,31)(H,29,30)/t11-,12-,13-,14-,15+,16-,17-,18+/m1/s1. The maximum absolute atomic E-state index is 13.6. The van der Waals surface area contributed by atoms with Crippen LogP contribution in [-0.4, -0.2) is 44.1 Å². The van der Waals surface area contributed by atoms with E-state index < -0.39 is 23.8 Å². The zero-order valence-corrected chi connectivity index (χ0v) is 19.8. The van der Waals surface area contributed by atoms with Gasteiger partial charge in [0.15, 0.2) is 0 Å². The van der Waals surface area contributed by atoms with Gasteiger partial charge in [-0.25, -0.2) is 4.79 Å². The first-order valence-corrected chi connectivity index (χ1v) is 13.0. The maximum Gasteiger partial charge on any atom is 0.327 e. The second-order valence-electron chi connectivity index (χ2n) is 9.94. The number of carbonyl (C=O) groups excluding carboxylic acids is 2. The van der Waals surface area contributed by atoms with E-state index in [1.54, 1.807) is 25.6 Å². The molecule has 33 heavy (non-hydrogen) atoms. The number of fused-ring (bicyclic) bond motifs is 9. The van der Waals surface area contributed by atoms with E-state index in [1.807, 2.05) is 18.2 Å². The van der Waals surface area contributed by atoms with Gasteiger partial charge in [-0.2, -0.15) is 0 Å². The summed E-state index contributed by atoms with van der Waals surface area (Å²) in [6, 6.07) is 8.95. The molecule has 0 unspecified atom stereocenters. The third kappa shape index (κ3) is 2.81. The number of carbonyl (C=O) groups is 3. The lowest BCUT2D eigenvalue weighted by Crippen LogP contribution is -2.49. The number of aromatic amines is 1. The van der Waals surface area contributed by atoms with Gasteiger partial charge >= 0.3 is 10.8 Å². The number of hydrogen-bond donors (Lipinski definition) is 2. The Morgan fingerprint density at radius 3 is 2.39 bits per heavy atom. The van der Waals surface area contributed by atoms with Gasteiger partial charge in [0.25, 0.3) is 0 Å². The van der Waals surface area contributed by atoms with E-state index in [-0.39, 0.29) is 51.5 Å². The number of aliphatic carboxylic acids is 1. The van der Waals surface area contributed by atoms with Crippen LogP contribution in [0.3, 0.4) is 0 Å². The highest BCUT2D eigenvalue weighted by molar-refractivity contribution is 8.00. The van der Waals surface area contributed by atoms with Gasteiger partial charge in [-0.3, -0.25) is 19.3 Å². The molecule has 1 aromatic heterocycles. The number of amides is 2. The molecule has 1 aromatic carbocycles. The molecule has 2 aromatic rings. The molecule has 2 saturated carbocycles. The van der Waals surface area contributed by atoms with Crippen molar-refractivity contribution in [3.05, 3.63) is 50.4 Å². The van der Waals surface area contributed by atoms with Gasteiger partial charge in [0.2, 0.25) is 11.8 Å². The number of carboxylic acid groups (broad SMARTS) is 1. The van der Waals surface area contributed by atoms with Crippen molar-refractivity contribution in [2.75, 3.05) is 0 Å². The topological polar surface area (TPSA) is 108 Å². The molecule has 172 valence electrons. The van der Waals surface area contributed by atoms with E-state index in [4.69, 9.17) is 0 Å². The minimum atomic E-state index is -1.13. The molecular weight excluding hydrogens is 460 g/mol. The molecule has 2 N–H and O–H groups in total. The average Bonchev–Trinajstić information content (AvgIpc) is 3.49. The second-order valence-corrected chi connectivity index (χ2v) is 12.1. The van der Waals surface area contributed by atoms with Crippen molar-refractivity contribution < 1.29 is 19.5 Å². The minimum Gasteiger partial charge on any atom is -0.480 e. The third-order valence-corrected chi connectivity index (χ3v) is 10.7. The van der Waals surface area contributed by atoms with Crippen LogP contribution in [0, 0.1) is 35.5 Å². The molecule has 9 heteroatoms. The molecule has 7 nitrogen and oxygen atoms in total. The lowest BCUT2D eigenvalue weighted by atomic mass is 9.68. The summed E-state index contributed by atoms with van der Waals surface area (Å²) in [5.41, 5.74) is 1.12. The van der Waals surface area contributed by atoms with E-state index >= 15 is 0 Å². The third-order valence-electron chi connectivity index (χ3n) is 8.08. The van der Waals surface area contributed by atoms with Crippen LogP contribution in [0.2, 0.25) is 0 Å². The van der Waals surface area contributed by atoms with Crippen molar-refractivity contribution >= 4 is 40.9 Å². The lowest BCUT2D eigenvalue weighted by Gasteiger charge is -2.43. The van der Waals surface area contributed by atoms with E-state index in [0.717, 1.165) is 26.8 Å². The van der Waals surface area contributed by atoms with Crippen LogP contribution >= 0.6 is 23.1 Å². The van der Waals surface area contributed by atoms with Crippen LogP contribution in [-0.2, 0) is 14.4 Å². The summed E-state index contributed by atoms with van der Waals surface area (Å²) in [5.74, 6) is -2.94. The van der Waals surface area contributed by atoms with Crippen molar-refractivity contribution in [3.63, 3.8) is 0 Å². The number of imide groups is 1. The molecule has 1 saturated heterocycles. The Kier molecular flexibility index (Phi) is 4.68. The molecule has 3 heterocycles. The first-order chi connectivity index (χ1) is 15.8. The molecule has 4 aliphatic rings. The molecular formula is C24H24N2O5S2. The summed E-state index contributed by atoms with van der Waals surface area (Å²) in [4.78, 5) is 56.3. The molecule has 2 aliphatic heterocycles. The second kappa shape index (κ2) is 7.30.